The van der Waals surface area contributed by atoms with Gasteiger partial charge in [0.15, 0.2) is 5.96 Å². The molecule has 0 unspecified atom stereocenters. The summed E-state index contributed by atoms with van der Waals surface area (Å²) in [5, 5.41) is 3.03. The number of carbonyl (C=O) groups excluding carboxylic acids is 1. The van der Waals surface area contributed by atoms with Gasteiger partial charge in [-0.1, -0.05) is 36.4 Å². The maximum absolute atomic E-state index is 12.4. The van der Waals surface area contributed by atoms with Crippen LogP contribution in [-0.2, 0) is 11.3 Å². The molecule has 0 radical (unpaired) electrons. The van der Waals surface area contributed by atoms with Crippen molar-refractivity contribution < 1.29 is 4.79 Å². The number of rotatable bonds is 6. The van der Waals surface area contributed by atoms with Gasteiger partial charge in [-0.05, 0) is 49.6 Å². The maximum atomic E-state index is 12.4. The number of carbonyl (C=O) groups is 1. The highest BCUT2D eigenvalue weighted by Crippen LogP contribution is 2.13. The van der Waals surface area contributed by atoms with E-state index in [1.807, 2.05) is 62.4 Å². The number of guanidine groups is 1. The van der Waals surface area contributed by atoms with Crippen molar-refractivity contribution >= 4 is 41.5 Å². The molecule has 2 rings (SSSR count). The van der Waals surface area contributed by atoms with Crippen LogP contribution in [0.25, 0.3) is 0 Å². The molecule has 5 nitrogen and oxygen atoms in total. The number of benzene rings is 2. The lowest BCUT2D eigenvalue weighted by Gasteiger charge is -2.20. The van der Waals surface area contributed by atoms with Crippen LogP contribution >= 0.6 is 24.0 Å². The van der Waals surface area contributed by atoms with Crippen molar-refractivity contribution in [1.29, 1.82) is 0 Å². The molecule has 0 heterocycles. The third-order valence-corrected chi connectivity index (χ3v) is 4.11. The molecule has 2 aromatic carbocycles. The molecule has 0 saturated heterocycles. The van der Waals surface area contributed by atoms with Crippen molar-refractivity contribution in [3.63, 3.8) is 0 Å². The molecule has 0 fully saturated rings. The summed E-state index contributed by atoms with van der Waals surface area (Å²) < 4.78 is 0. The van der Waals surface area contributed by atoms with Crippen LogP contribution in [0.15, 0.2) is 53.5 Å². The Labute approximate surface area is 172 Å². The van der Waals surface area contributed by atoms with E-state index in [0.717, 1.165) is 11.3 Å². The predicted octanol–water partition coefficient (Wildman–Crippen LogP) is 3.70. The Morgan fingerprint density at radius 3 is 2.42 bits per heavy atom. The first-order chi connectivity index (χ1) is 12.0. The summed E-state index contributed by atoms with van der Waals surface area (Å²) >= 11 is 0. The second kappa shape index (κ2) is 10.8. The zero-order valence-corrected chi connectivity index (χ0v) is 17.9. The number of nitrogens with zero attached hydrogens (tertiary/aromatic N) is 2. The molecule has 1 amide bonds. The zero-order valence-electron chi connectivity index (χ0n) is 15.5. The molecule has 3 N–H and O–H groups in total. The van der Waals surface area contributed by atoms with Crippen LogP contribution in [0.3, 0.4) is 0 Å². The molecule has 0 bridgehead atoms. The summed E-state index contributed by atoms with van der Waals surface area (Å²) in [4.78, 5) is 18.3. The Morgan fingerprint density at radius 1 is 1.12 bits per heavy atom. The zero-order chi connectivity index (χ0) is 18.2. The number of likely N-dealkylation sites (N-methyl/N-ethyl adjacent to an activating group) is 1. The number of nitrogens with one attached hydrogen (secondary N) is 1. The lowest BCUT2D eigenvalue weighted by molar-refractivity contribution is -0.130. The molecular formula is C20H27IN4O. The van der Waals surface area contributed by atoms with E-state index in [2.05, 4.69) is 17.2 Å². The highest BCUT2D eigenvalue weighted by molar-refractivity contribution is 14.0. The lowest BCUT2D eigenvalue weighted by Crippen LogP contribution is -2.33. The van der Waals surface area contributed by atoms with Gasteiger partial charge in [-0.2, -0.15) is 0 Å². The molecule has 0 aliphatic carbocycles. The third kappa shape index (κ3) is 6.67. The fourth-order valence-electron chi connectivity index (χ4n) is 2.44. The summed E-state index contributed by atoms with van der Waals surface area (Å²) in [7, 11) is 0. The smallest absolute Gasteiger partial charge is 0.244 e. The molecule has 0 aliphatic heterocycles. The number of hydrogen-bond donors (Lipinski definition) is 2. The average molecular weight is 466 g/mol. The minimum atomic E-state index is -0.0452. The Kier molecular flexibility index (Phi) is 9.12. The van der Waals surface area contributed by atoms with Crippen LogP contribution in [0.1, 0.15) is 23.6 Å². The molecule has 0 saturated carbocycles. The summed E-state index contributed by atoms with van der Waals surface area (Å²) in [5.74, 6) is 0.198. The maximum Gasteiger partial charge on any atom is 0.244 e. The lowest BCUT2D eigenvalue weighted by atomic mass is 10.1. The SMILES string of the molecule is CCN(Cc1ccccc1)C(=O)CN=C(N)Nc1ccc(C)c(C)c1.I. The Morgan fingerprint density at radius 2 is 1.81 bits per heavy atom. The molecule has 6 heteroatoms. The van der Waals surface area contributed by atoms with Crippen molar-refractivity contribution in [2.24, 2.45) is 10.7 Å². The average Bonchev–Trinajstić information content (AvgIpc) is 2.61. The quantitative estimate of drug-likeness (QED) is 0.388. The van der Waals surface area contributed by atoms with Gasteiger partial charge in [0.2, 0.25) is 5.91 Å². The minimum Gasteiger partial charge on any atom is -0.370 e. The van der Waals surface area contributed by atoms with Crippen LogP contribution in [-0.4, -0.2) is 29.9 Å². The van der Waals surface area contributed by atoms with Crippen molar-refractivity contribution in [3.05, 3.63) is 65.2 Å². The summed E-state index contributed by atoms with van der Waals surface area (Å²) in [6.07, 6.45) is 0. The van der Waals surface area contributed by atoms with E-state index in [1.54, 1.807) is 4.90 Å². The molecular weight excluding hydrogens is 439 g/mol. The fraction of sp³-hybridized carbons (Fsp3) is 0.300. The summed E-state index contributed by atoms with van der Waals surface area (Å²) in [6, 6.07) is 15.9. The van der Waals surface area contributed by atoms with Gasteiger partial charge < -0.3 is 16.0 Å². The first-order valence-electron chi connectivity index (χ1n) is 8.45. The predicted molar refractivity (Wildman–Crippen MR) is 119 cm³/mol. The highest BCUT2D eigenvalue weighted by atomic mass is 127. The molecule has 0 aromatic heterocycles. The first kappa shape index (κ1) is 22.0. The number of amides is 1. The van der Waals surface area contributed by atoms with Gasteiger partial charge in [-0.25, -0.2) is 4.99 Å². The van der Waals surface area contributed by atoms with Crippen molar-refractivity contribution in [2.75, 3.05) is 18.4 Å². The van der Waals surface area contributed by atoms with Crippen molar-refractivity contribution in [1.82, 2.24) is 4.90 Å². The van der Waals surface area contributed by atoms with E-state index in [4.69, 9.17) is 5.73 Å². The number of hydrogen-bond acceptors (Lipinski definition) is 2. The molecule has 26 heavy (non-hydrogen) atoms. The summed E-state index contributed by atoms with van der Waals surface area (Å²) in [5.41, 5.74) is 10.3. The van der Waals surface area contributed by atoms with Crippen molar-refractivity contribution in [2.45, 2.75) is 27.3 Å². The van der Waals surface area contributed by atoms with Gasteiger partial charge in [0.1, 0.15) is 6.54 Å². The van der Waals surface area contributed by atoms with Crippen LogP contribution < -0.4 is 11.1 Å². The van der Waals surface area contributed by atoms with Crippen LogP contribution in [0.2, 0.25) is 0 Å². The van der Waals surface area contributed by atoms with Gasteiger partial charge in [0.25, 0.3) is 0 Å². The van der Waals surface area contributed by atoms with E-state index in [9.17, 15) is 4.79 Å². The third-order valence-electron chi connectivity index (χ3n) is 4.11. The van der Waals surface area contributed by atoms with Gasteiger partial charge in [-0.15, -0.1) is 24.0 Å². The molecule has 0 spiro atoms. The number of anilines is 1. The standard InChI is InChI=1S/C20H26N4O.HI/c1-4-24(14-17-8-6-5-7-9-17)19(25)13-22-20(21)23-18-11-10-15(2)16(3)12-18;/h5-12H,4,13-14H2,1-3H3,(H3,21,22,23);1H. The van der Waals surface area contributed by atoms with Gasteiger partial charge >= 0.3 is 0 Å². The van der Waals surface area contributed by atoms with E-state index in [0.29, 0.717) is 13.1 Å². The highest BCUT2D eigenvalue weighted by Gasteiger charge is 2.11. The topological polar surface area (TPSA) is 70.7 Å². The van der Waals surface area contributed by atoms with E-state index < -0.39 is 0 Å². The van der Waals surface area contributed by atoms with Gasteiger partial charge in [0.05, 0.1) is 0 Å². The molecule has 2 aromatic rings. The largest absolute Gasteiger partial charge is 0.370 e. The molecule has 140 valence electrons. The number of nitrogens with two attached hydrogens (primary N) is 1. The van der Waals surface area contributed by atoms with Crippen LogP contribution in [0, 0.1) is 13.8 Å². The van der Waals surface area contributed by atoms with E-state index in [-0.39, 0.29) is 42.4 Å². The number of aliphatic imine (C=N–C) groups is 1. The number of halogens is 1. The second-order valence-corrected chi connectivity index (χ2v) is 6.02. The van der Waals surface area contributed by atoms with Crippen molar-refractivity contribution in [3.8, 4) is 0 Å². The first-order valence-corrected chi connectivity index (χ1v) is 8.45. The Hall–Kier alpha value is -2.09. The van der Waals surface area contributed by atoms with Crippen LogP contribution in [0.5, 0.6) is 0 Å². The number of aryl methyl sites for hydroxylation is 2. The Bertz CT molecular complexity index is 747. The Balaban J connectivity index is 0.00000338. The normalized spacial score (nSPS) is 10.8. The van der Waals surface area contributed by atoms with E-state index >= 15 is 0 Å². The van der Waals surface area contributed by atoms with Crippen LogP contribution in [0.4, 0.5) is 5.69 Å². The van der Waals surface area contributed by atoms with Gasteiger partial charge in [-0.3, -0.25) is 4.79 Å². The molecule has 0 atom stereocenters. The molecule has 0 aliphatic rings. The van der Waals surface area contributed by atoms with Gasteiger partial charge in [0, 0.05) is 18.8 Å². The monoisotopic (exact) mass is 466 g/mol. The summed E-state index contributed by atoms with van der Waals surface area (Å²) in [6.45, 7) is 7.30. The fourth-order valence-corrected chi connectivity index (χ4v) is 2.44. The second-order valence-electron chi connectivity index (χ2n) is 6.02. The minimum absolute atomic E-state index is 0. The van der Waals surface area contributed by atoms with E-state index in [1.165, 1.54) is 11.1 Å².